The number of nitrogens with zero attached hydrogens (tertiary/aromatic N) is 1. The van der Waals surface area contributed by atoms with Crippen molar-refractivity contribution in [3.05, 3.63) is 69.2 Å². The van der Waals surface area contributed by atoms with Crippen LogP contribution in [-0.2, 0) is 21.9 Å². The smallest absolute Gasteiger partial charge is 0.242 e. The van der Waals surface area contributed by atoms with Gasteiger partial charge in [0.15, 0.2) is 0 Å². The van der Waals surface area contributed by atoms with Crippen molar-refractivity contribution in [3.63, 3.8) is 0 Å². The van der Waals surface area contributed by atoms with Crippen molar-refractivity contribution in [1.29, 1.82) is 0 Å². The molecule has 1 saturated carbocycles. The highest BCUT2D eigenvalue weighted by Crippen LogP contribution is 2.24. The standard InChI is InChI=1S/C25H30Cl2N2O2S/c1-17-7-9-19(10-8-17)15-32-16-24(30)29(14-20-11-12-22(26)23(27)13-20)18(2)25(31)28-21-5-3-4-6-21/h7-13,18,21H,3-6,14-16H2,1-2H3,(H,28,31). The molecule has 7 heteroatoms. The van der Waals surface area contributed by atoms with Gasteiger partial charge >= 0.3 is 0 Å². The Bertz CT molecular complexity index is 930. The number of nitrogens with one attached hydrogen (secondary N) is 1. The molecule has 1 fully saturated rings. The average Bonchev–Trinajstić information content (AvgIpc) is 3.28. The Morgan fingerprint density at radius 3 is 2.38 bits per heavy atom. The molecule has 4 nitrogen and oxygen atoms in total. The minimum atomic E-state index is -0.572. The Morgan fingerprint density at radius 1 is 1.06 bits per heavy atom. The van der Waals surface area contributed by atoms with Gasteiger partial charge in [-0.3, -0.25) is 9.59 Å². The molecule has 1 aliphatic rings. The predicted molar refractivity (Wildman–Crippen MR) is 134 cm³/mol. The molecule has 0 aromatic heterocycles. The van der Waals surface area contributed by atoms with Crippen LogP contribution < -0.4 is 5.32 Å². The Labute approximate surface area is 205 Å². The number of hydrogen-bond donors (Lipinski definition) is 1. The van der Waals surface area contributed by atoms with Gasteiger partial charge in [0.2, 0.25) is 11.8 Å². The van der Waals surface area contributed by atoms with Crippen LogP contribution in [-0.4, -0.2) is 34.6 Å². The molecule has 1 unspecified atom stereocenters. The second-order valence-electron chi connectivity index (χ2n) is 8.41. The third-order valence-electron chi connectivity index (χ3n) is 5.82. The zero-order valence-corrected chi connectivity index (χ0v) is 20.9. The number of hydrogen-bond acceptors (Lipinski definition) is 3. The maximum absolute atomic E-state index is 13.2. The fraction of sp³-hybridized carbons (Fsp3) is 0.440. The summed E-state index contributed by atoms with van der Waals surface area (Å²) in [5.74, 6) is 0.877. The summed E-state index contributed by atoms with van der Waals surface area (Å²) in [5, 5.41) is 4.03. The van der Waals surface area contributed by atoms with E-state index in [0.29, 0.717) is 22.3 Å². The molecule has 0 saturated heterocycles. The highest BCUT2D eigenvalue weighted by molar-refractivity contribution is 7.99. The molecule has 3 rings (SSSR count). The molecule has 1 N–H and O–H groups in total. The second kappa shape index (κ2) is 12.0. The van der Waals surface area contributed by atoms with Crippen LogP contribution in [0.1, 0.15) is 49.3 Å². The van der Waals surface area contributed by atoms with Gasteiger partial charge in [-0.05, 0) is 49.9 Å². The van der Waals surface area contributed by atoms with Crippen molar-refractivity contribution >= 4 is 46.8 Å². The number of carbonyl (C=O) groups is 2. The fourth-order valence-corrected chi connectivity index (χ4v) is 5.02. The first kappa shape index (κ1) is 24.9. The lowest BCUT2D eigenvalue weighted by Crippen LogP contribution is -2.50. The molecule has 32 heavy (non-hydrogen) atoms. The summed E-state index contributed by atoms with van der Waals surface area (Å²) >= 11 is 13.8. The van der Waals surface area contributed by atoms with E-state index in [9.17, 15) is 9.59 Å². The van der Waals surface area contributed by atoms with E-state index in [-0.39, 0.29) is 17.9 Å². The molecule has 0 aliphatic heterocycles. The largest absolute Gasteiger partial charge is 0.352 e. The van der Waals surface area contributed by atoms with E-state index >= 15 is 0 Å². The van der Waals surface area contributed by atoms with Crippen molar-refractivity contribution in [2.24, 2.45) is 0 Å². The average molecular weight is 494 g/mol. The van der Waals surface area contributed by atoms with E-state index in [4.69, 9.17) is 23.2 Å². The van der Waals surface area contributed by atoms with Crippen LogP contribution in [0.15, 0.2) is 42.5 Å². The minimum absolute atomic E-state index is 0.0674. The maximum atomic E-state index is 13.2. The van der Waals surface area contributed by atoms with Crippen LogP contribution in [0.5, 0.6) is 0 Å². The zero-order valence-electron chi connectivity index (χ0n) is 18.6. The quantitative estimate of drug-likeness (QED) is 0.466. The molecular formula is C25H30Cl2N2O2S. The Kier molecular flexibility index (Phi) is 9.33. The van der Waals surface area contributed by atoms with Crippen molar-refractivity contribution < 1.29 is 9.59 Å². The van der Waals surface area contributed by atoms with Gasteiger partial charge in [0, 0.05) is 18.3 Å². The number of aryl methyl sites for hydroxylation is 1. The van der Waals surface area contributed by atoms with Crippen molar-refractivity contribution in [2.75, 3.05) is 5.75 Å². The number of halogens is 2. The van der Waals surface area contributed by atoms with Gasteiger partial charge in [0.05, 0.1) is 15.8 Å². The first-order valence-corrected chi connectivity index (χ1v) is 12.9. The lowest BCUT2D eigenvalue weighted by molar-refractivity contribution is -0.138. The van der Waals surface area contributed by atoms with Crippen LogP contribution in [0.4, 0.5) is 0 Å². The van der Waals surface area contributed by atoms with E-state index < -0.39 is 6.04 Å². The summed E-state index contributed by atoms with van der Waals surface area (Å²) in [7, 11) is 0. The summed E-state index contributed by atoms with van der Waals surface area (Å²) in [4.78, 5) is 27.8. The second-order valence-corrected chi connectivity index (χ2v) is 10.2. The summed E-state index contributed by atoms with van der Waals surface area (Å²) in [5.41, 5.74) is 3.23. The molecule has 1 aliphatic carbocycles. The van der Waals surface area contributed by atoms with Gasteiger partial charge in [-0.25, -0.2) is 0 Å². The van der Waals surface area contributed by atoms with Crippen molar-refractivity contribution in [3.8, 4) is 0 Å². The van der Waals surface area contributed by atoms with Gasteiger partial charge in [-0.2, -0.15) is 0 Å². The Balaban J connectivity index is 1.67. The summed E-state index contributed by atoms with van der Waals surface area (Å²) in [6.45, 7) is 4.16. The molecule has 172 valence electrons. The third kappa shape index (κ3) is 7.16. The molecule has 2 aromatic rings. The lowest BCUT2D eigenvalue weighted by atomic mass is 10.1. The molecule has 0 bridgehead atoms. The molecule has 0 spiro atoms. The SMILES string of the molecule is Cc1ccc(CSCC(=O)N(Cc2ccc(Cl)c(Cl)c2)C(C)C(=O)NC2CCCC2)cc1. The van der Waals surface area contributed by atoms with Crippen LogP contribution in [0.3, 0.4) is 0 Å². The van der Waals surface area contributed by atoms with Crippen LogP contribution in [0.2, 0.25) is 10.0 Å². The topological polar surface area (TPSA) is 49.4 Å². The number of thioether (sulfide) groups is 1. The van der Waals surface area contributed by atoms with E-state index in [2.05, 4.69) is 36.5 Å². The molecule has 2 aromatic carbocycles. The molecule has 2 amide bonds. The number of rotatable bonds is 9. The van der Waals surface area contributed by atoms with Crippen LogP contribution in [0.25, 0.3) is 0 Å². The van der Waals surface area contributed by atoms with Gasteiger partial charge < -0.3 is 10.2 Å². The molecule has 0 heterocycles. The predicted octanol–water partition coefficient (Wildman–Crippen LogP) is 6.01. The summed E-state index contributed by atoms with van der Waals surface area (Å²) < 4.78 is 0. The highest BCUT2D eigenvalue weighted by Gasteiger charge is 2.28. The maximum Gasteiger partial charge on any atom is 0.242 e. The summed E-state index contributed by atoms with van der Waals surface area (Å²) in [6, 6.07) is 13.3. The van der Waals surface area contributed by atoms with Gasteiger partial charge in [-0.15, -0.1) is 11.8 Å². The number of benzene rings is 2. The Morgan fingerprint density at radius 2 is 1.72 bits per heavy atom. The normalized spacial score (nSPS) is 14.9. The third-order valence-corrected chi connectivity index (χ3v) is 7.55. The monoisotopic (exact) mass is 492 g/mol. The van der Waals surface area contributed by atoms with Gasteiger partial charge in [0.1, 0.15) is 6.04 Å². The number of amides is 2. The number of carbonyl (C=O) groups excluding carboxylic acids is 2. The van der Waals surface area contributed by atoms with Crippen molar-refractivity contribution in [1.82, 2.24) is 10.2 Å². The fourth-order valence-electron chi connectivity index (χ4n) is 3.83. The van der Waals surface area contributed by atoms with Gasteiger partial charge in [0.25, 0.3) is 0 Å². The molecule has 0 radical (unpaired) electrons. The lowest BCUT2D eigenvalue weighted by Gasteiger charge is -2.30. The molecule has 1 atom stereocenters. The van der Waals surface area contributed by atoms with Gasteiger partial charge in [-0.1, -0.05) is 71.9 Å². The zero-order chi connectivity index (χ0) is 23.1. The van der Waals surface area contributed by atoms with E-state index in [1.807, 2.05) is 6.07 Å². The van der Waals surface area contributed by atoms with Crippen molar-refractivity contribution in [2.45, 2.75) is 63.9 Å². The molecular weight excluding hydrogens is 463 g/mol. The summed E-state index contributed by atoms with van der Waals surface area (Å²) in [6.07, 6.45) is 4.29. The first-order chi connectivity index (χ1) is 15.3. The minimum Gasteiger partial charge on any atom is -0.352 e. The van der Waals surface area contributed by atoms with Crippen LogP contribution in [0, 0.1) is 6.92 Å². The highest BCUT2D eigenvalue weighted by atomic mass is 35.5. The first-order valence-electron chi connectivity index (χ1n) is 11.0. The van der Waals surface area contributed by atoms with Crippen LogP contribution >= 0.6 is 35.0 Å². The van der Waals surface area contributed by atoms with E-state index in [0.717, 1.165) is 37.0 Å². The Hall–Kier alpha value is -1.69. The van der Waals surface area contributed by atoms with E-state index in [1.165, 1.54) is 11.1 Å². The van der Waals surface area contributed by atoms with E-state index in [1.54, 1.807) is 35.7 Å².